The van der Waals surface area contributed by atoms with E-state index in [0.29, 0.717) is 23.8 Å². The van der Waals surface area contributed by atoms with Crippen molar-refractivity contribution in [1.29, 1.82) is 0 Å². The number of hydrogen-bond acceptors (Lipinski definition) is 5. The molecule has 3 aromatic rings. The number of benzene rings is 1. The molecule has 2 aromatic heterocycles. The van der Waals surface area contributed by atoms with Crippen molar-refractivity contribution in [3.05, 3.63) is 59.4 Å². The molecule has 0 saturated heterocycles. The Labute approximate surface area is 156 Å². The minimum Gasteiger partial charge on any atom is -0.288 e. The topological polar surface area (TPSA) is 89.8 Å². The van der Waals surface area contributed by atoms with Gasteiger partial charge in [-0.1, -0.05) is 11.6 Å². The number of anilines is 1. The maximum absolute atomic E-state index is 12.9. The number of nitrogens with zero attached hydrogens (tertiary/aromatic N) is 4. The van der Waals surface area contributed by atoms with Crippen LogP contribution in [0.2, 0.25) is 5.02 Å². The molecule has 7 nitrogen and oxygen atoms in total. The number of rotatable bonds is 4. The van der Waals surface area contributed by atoms with Crippen LogP contribution in [-0.4, -0.2) is 27.9 Å². The van der Waals surface area contributed by atoms with Crippen molar-refractivity contribution in [2.45, 2.75) is 18.0 Å². The van der Waals surface area contributed by atoms with Crippen LogP contribution in [0.3, 0.4) is 0 Å². The molecule has 0 amide bonds. The zero-order valence-corrected chi connectivity index (χ0v) is 15.1. The fourth-order valence-electron chi connectivity index (χ4n) is 2.23. The third-order valence-electron chi connectivity index (χ3n) is 3.51. The monoisotopic (exact) mass is 417 g/mol. The highest BCUT2D eigenvalue weighted by atomic mass is 35.5. The van der Waals surface area contributed by atoms with Crippen molar-refractivity contribution < 1.29 is 21.6 Å². The van der Waals surface area contributed by atoms with Crippen LogP contribution in [0.25, 0.3) is 5.82 Å². The first kappa shape index (κ1) is 19.1. The van der Waals surface area contributed by atoms with Gasteiger partial charge < -0.3 is 0 Å². The maximum atomic E-state index is 12.9. The molecule has 0 aliphatic rings. The molecule has 2 heterocycles. The molecule has 0 aliphatic heterocycles. The number of nitrogens with one attached hydrogen (secondary N) is 1. The average molecular weight is 418 g/mol. The lowest BCUT2D eigenvalue weighted by molar-refractivity contribution is -0.137. The summed E-state index contributed by atoms with van der Waals surface area (Å²) in [7, 11) is -4.42. The molecule has 3 rings (SSSR count). The van der Waals surface area contributed by atoms with Gasteiger partial charge in [-0.3, -0.25) is 9.29 Å². The highest BCUT2D eigenvalue weighted by Crippen LogP contribution is 2.33. The number of aromatic nitrogens is 4. The summed E-state index contributed by atoms with van der Waals surface area (Å²) in [6.07, 6.45) is -0.459. The maximum Gasteiger partial charge on any atom is 0.416 e. The normalized spacial score (nSPS) is 12.2. The molecule has 27 heavy (non-hydrogen) atoms. The zero-order valence-electron chi connectivity index (χ0n) is 13.6. The number of halogens is 4. The first-order valence-electron chi connectivity index (χ1n) is 7.30. The minimum atomic E-state index is -4.71. The average Bonchev–Trinajstić information content (AvgIpc) is 3.00. The molecule has 0 bridgehead atoms. The van der Waals surface area contributed by atoms with Crippen molar-refractivity contribution in [2.75, 3.05) is 4.72 Å². The molecule has 0 radical (unpaired) electrons. The summed E-state index contributed by atoms with van der Waals surface area (Å²) in [5.74, 6) is 0.790. The third-order valence-corrected chi connectivity index (χ3v) is 5.35. The lowest BCUT2D eigenvalue weighted by atomic mass is 10.2. The van der Waals surface area contributed by atoms with Crippen molar-refractivity contribution in [2.24, 2.45) is 0 Å². The molecule has 0 saturated carbocycles. The van der Waals surface area contributed by atoms with Crippen LogP contribution in [0, 0.1) is 6.92 Å². The van der Waals surface area contributed by atoms with Gasteiger partial charge in [-0.05, 0) is 25.1 Å². The van der Waals surface area contributed by atoms with Crippen molar-refractivity contribution in [3.63, 3.8) is 0 Å². The predicted molar refractivity (Wildman–Crippen MR) is 91.2 cm³/mol. The number of sulfonamides is 1. The van der Waals surface area contributed by atoms with E-state index in [1.54, 1.807) is 17.7 Å². The van der Waals surface area contributed by atoms with Crippen LogP contribution in [0.15, 0.2) is 47.9 Å². The number of alkyl halides is 3. The van der Waals surface area contributed by atoms with E-state index in [9.17, 15) is 21.6 Å². The van der Waals surface area contributed by atoms with E-state index in [4.69, 9.17) is 11.6 Å². The molecule has 12 heteroatoms. The van der Waals surface area contributed by atoms with Crippen LogP contribution >= 0.6 is 11.6 Å². The Hall–Kier alpha value is -2.66. The second kappa shape index (κ2) is 6.82. The summed E-state index contributed by atoms with van der Waals surface area (Å²) in [4.78, 5) is 11.1. The fourth-order valence-corrected chi connectivity index (χ4v) is 3.76. The molecule has 0 atom stereocenters. The van der Waals surface area contributed by atoms with Gasteiger partial charge in [0.05, 0.1) is 10.6 Å². The first-order valence-corrected chi connectivity index (χ1v) is 9.16. The highest BCUT2D eigenvalue weighted by molar-refractivity contribution is 7.92. The second-order valence-electron chi connectivity index (χ2n) is 5.35. The standard InChI is InChI=1S/C15H11ClF3N5O2S/c1-9-20-4-5-24(9)14-7-13(21-8-22-14)23-27(25,26)12-6-10(15(17,18)19)2-3-11(12)16/h2-8H,1H3,(H,21,22,23). The fraction of sp³-hybridized carbons (Fsp3) is 0.133. The number of imidazole rings is 1. The Balaban J connectivity index is 1.97. The second-order valence-corrected chi connectivity index (χ2v) is 7.41. The number of aryl methyl sites for hydroxylation is 1. The molecule has 0 unspecified atom stereocenters. The van der Waals surface area contributed by atoms with Gasteiger partial charge in [0.2, 0.25) is 0 Å². The first-order chi connectivity index (χ1) is 12.6. The molecule has 0 spiro atoms. The molecule has 1 N–H and O–H groups in total. The van der Waals surface area contributed by atoms with Crippen LogP contribution in [0.1, 0.15) is 11.4 Å². The predicted octanol–water partition coefficient (Wildman–Crippen LogP) is 3.44. The molecule has 1 aromatic carbocycles. The minimum absolute atomic E-state index is 0.137. The van der Waals surface area contributed by atoms with Crippen LogP contribution in [0.4, 0.5) is 19.0 Å². The van der Waals surface area contributed by atoms with Crippen LogP contribution in [0.5, 0.6) is 0 Å². The highest BCUT2D eigenvalue weighted by Gasteiger charge is 2.32. The SMILES string of the molecule is Cc1nccn1-c1cc(NS(=O)(=O)c2cc(C(F)(F)F)ccc2Cl)ncn1. The van der Waals surface area contributed by atoms with E-state index in [1.807, 2.05) is 0 Å². The van der Waals surface area contributed by atoms with E-state index in [1.165, 1.54) is 12.3 Å². The lowest BCUT2D eigenvalue weighted by Gasteiger charge is -2.12. The Bertz CT molecular complexity index is 1100. The Morgan fingerprint density at radius 3 is 2.52 bits per heavy atom. The van der Waals surface area contributed by atoms with E-state index < -0.39 is 26.7 Å². The lowest BCUT2D eigenvalue weighted by Crippen LogP contribution is -2.16. The smallest absolute Gasteiger partial charge is 0.288 e. The van der Waals surface area contributed by atoms with E-state index >= 15 is 0 Å². The zero-order chi connectivity index (χ0) is 19.8. The quantitative estimate of drug-likeness (QED) is 0.702. The summed E-state index contributed by atoms with van der Waals surface area (Å²) in [6, 6.07) is 3.35. The van der Waals surface area contributed by atoms with E-state index in [2.05, 4.69) is 19.7 Å². The Morgan fingerprint density at radius 2 is 1.89 bits per heavy atom. The third kappa shape index (κ3) is 4.03. The summed E-state index contributed by atoms with van der Waals surface area (Å²) < 4.78 is 67.4. The van der Waals surface area contributed by atoms with E-state index in [-0.39, 0.29) is 10.8 Å². The molecule has 0 fully saturated rings. The van der Waals surface area contributed by atoms with Gasteiger partial charge in [0.25, 0.3) is 10.0 Å². The Morgan fingerprint density at radius 1 is 1.15 bits per heavy atom. The number of hydrogen-bond donors (Lipinski definition) is 1. The van der Waals surface area contributed by atoms with Crippen LogP contribution < -0.4 is 4.72 Å². The van der Waals surface area contributed by atoms with Crippen LogP contribution in [-0.2, 0) is 16.2 Å². The molecule has 142 valence electrons. The van der Waals surface area contributed by atoms with Crippen molar-refractivity contribution >= 4 is 27.4 Å². The van der Waals surface area contributed by atoms with E-state index in [0.717, 1.165) is 12.4 Å². The van der Waals surface area contributed by atoms with Gasteiger partial charge in [0, 0.05) is 18.5 Å². The van der Waals surface area contributed by atoms with Gasteiger partial charge in [0.15, 0.2) is 0 Å². The largest absolute Gasteiger partial charge is 0.416 e. The Kier molecular flexibility index (Phi) is 4.82. The summed E-state index contributed by atoms with van der Waals surface area (Å²) in [5, 5.41) is -0.352. The van der Waals surface area contributed by atoms with Crippen molar-refractivity contribution in [1.82, 2.24) is 19.5 Å². The molecular formula is C15H11ClF3N5O2S. The van der Waals surface area contributed by atoms with Gasteiger partial charge in [-0.2, -0.15) is 13.2 Å². The van der Waals surface area contributed by atoms with Gasteiger partial charge in [-0.15, -0.1) is 0 Å². The van der Waals surface area contributed by atoms with Gasteiger partial charge >= 0.3 is 6.18 Å². The van der Waals surface area contributed by atoms with Gasteiger partial charge in [0.1, 0.15) is 28.7 Å². The molecule has 0 aliphatic carbocycles. The van der Waals surface area contributed by atoms with Gasteiger partial charge in [-0.25, -0.2) is 23.4 Å². The molecular weight excluding hydrogens is 407 g/mol. The summed E-state index contributed by atoms with van der Waals surface area (Å²) in [5.41, 5.74) is -1.13. The van der Waals surface area contributed by atoms with Crippen molar-refractivity contribution in [3.8, 4) is 5.82 Å². The summed E-state index contributed by atoms with van der Waals surface area (Å²) in [6.45, 7) is 1.72. The summed E-state index contributed by atoms with van der Waals surface area (Å²) >= 11 is 5.80.